The molecule has 3 aromatic rings. The van der Waals surface area contributed by atoms with Gasteiger partial charge < -0.3 is 5.73 Å². The number of nitrogens with zero attached hydrogens (tertiary/aromatic N) is 4. The Morgan fingerprint density at radius 3 is 2.84 bits per heavy atom. The summed E-state index contributed by atoms with van der Waals surface area (Å²) in [4.78, 5) is 5.59. The van der Waals surface area contributed by atoms with Crippen LogP contribution in [0.2, 0.25) is 5.02 Å². The molecule has 0 aliphatic rings. The Hall–Kier alpha value is -1.37. The monoisotopic (exact) mass is 295 g/mol. The number of nitrogens with two attached hydrogens (primary N) is 1. The molecule has 0 aliphatic carbocycles. The Balaban J connectivity index is 2.26. The molecule has 5 nitrogen and oxygen atoms in total. The number of hydrogen-bond donors (Lipinski definition) is 1. The van der Waals surface area contributed by atoms with Crippen molar-refractivity contribution in [3.8, 4) is 5.82 Å². The number of hydrogen-bond acceptors (Lipinski definition) is 4. The predicted octanol–water partition coefficient (Wildman–Crippen LogP) is 2.35. The summed E-state index contributed by atoms with van der Waals surface area (Å²) in [6.45, 7) is 4.42. The molecule has 0 aromatic carbocycles. The zero-order valence-electron chi connectivity index (χ0n) is 10.7. The van der Waals surface area contributed by atoms with Crippen molar-refractivity contribution in [2.45, 2.75) is 20.3 Å². The molecule has 7 heteroatoms. The van der Waals surface area contributed by atoms with Crippen molar-refractivity contribution in [2.24, 2.45) is 5.73 Å². The molecule has 3 heterocycles. The van der Waals surface area contributed by atoms with Crippen LogP contribution < -0.4 is 5.73 Å². The number of halogens is 1. The van der Waals surface area contributed by atoms with Crippen LogP contribution in [0.5, 0.6) is 0 Å². The zero-order valence-corrected chi connectivity index (χ0v) is 12.3. The van der Waals surface area contributed by atoms with Crippen LogP contribution in [0.3, 0.4) is 0 Å². The first-order valence-electron chi connectivity index (χ1n) is 6.00. The second-order valence-corrected chi connectivity index (χ2v) is 5.62. The van der Waals surface area contributed by atoms with Gasteiger partial charge in [0.1, 0.15) is 0 Å². The van der Waals surface area contributed by atoms with Gasteiger partial charge >= 0.3 is 0 Å². The predicted molar refractivity (Wildman–Crippen MR) is 77.4 cm³/mol. The van der Waals surface area contributed by atoms with E-state index in [9.17, 15) is 0 Å². The maximum atomic E-state index is 6.21. The molecule has 3 rings (SSSR count). The van der Waals surface area contributed by atoms with E-state index in [2.05, 4.69) is 14.5 Å². The van der Waals surface area contributed by atoms with E-state index >= 15 is 0 Å². The smallest absolute Gasteiger partial charge is 0.195 e. The maximum absolute atomic E-state index is 6.21. The first-order chi connectivity index (χ1) is 9.13. The molecule has 0 atom stereocenters. The lowest BCUT2D eigenvalue weighted by atomic mass is 10.3. The first kappa shape index (κ1) is 12.7. The molecule has 2 N–H and O–H groups in total. The number of rotatable bonds is 3. The Kier molecular flexibility index (Phi) is 3.08. The van der Waals surface area contributed by atoms with Crippen LogP contribution in [-0.2, 0) is 6.42 Å². The van der Waals surface area contributed by atoms with E-state index in [1.54, 1.807) is 11.3 Å². The molecular formula is C12H14ClN5S. The first-order valence-corrected chi connectivity index (χ1v) is 7.26. The van der Waals surface area contributed by atoms with Crippen LogP contribution in [0.25, 0.3) is 10.8 Å². The van der Waals surface area contributed by atoms with Crippen molar-refractivity contribution < 1.29 is 0 Å². The van der Waals surface area contributed by atoms with Crippen LogP contribution in [0, 0.1) is 13.8 Å². The van der Waals surface area contributed by atoms with Crippen molar-refractivity contribution in [3.05, 3.63) is 33.7 Å². The van der Waals surface area contributed by atoms with E-state index in [1.807, 2.05) is 30.1 Å². The minimum Gasteiger partial charge on any atom is -0.330 e. The molecule has 0 radical (unpaired) electrons. The Morgan fingerprint density at radius 1 is 1.42 bits per heavy atom. The highest BCUT2D eigenvalue weighted by atomic mass is 35.5. The van der Waals surface area contributed by atoms with Gasteiger partial charge in [0.05, 0.1) is 22.1 Å². The average Bonchev–Trinajstić information content (AvgIpc) is 3.02. The molecule has 0 aliphatic heterocycles. The van der Waals surface area contributed by atoms with Gasteiger partial charge in [-0.3, -0.25) is 4.40 Å². The second kappa shape index (κ2) is 4.63. The van der Waals surface area contributed by atoms with E-state index in [0.717, 1.165) is 34.3 Å². The number of thiazole rings is 1. The fourth-order valence-corrected chi connectivity index (χ4v) is 3.04. The summed E-state index contributed by atoms with van der Waals surface area (Å²) in [7, 11) is 0. The molecule has 19 heavy (non-hydrogen) atoms. The van der Waals surface area contributed by atoms with Crippen LogP contribution in [0.1, 0.15) is 17.1 Å². The summed E-state index contributed by atoms with van der Waals surface area (Å²) in [5.41, 5.74) is 8.50. The Labute approximate surface area is 119 Å². The summed E-state index contributed by atoms with van der Waals surface area (Å²) >= 11 is 7.81. The molecule has 0 amide bonds. The van der Waals surface area contributed by atoms with Gasteiger partial charge in [-0.25, -0.2) is 4.68 Å². The summed E-state index contributed by atoms with van der Waals surface area (Å²) in [6, 6.07) is 0. The zero-order chi connectivity index (χ0) is 13.6. The molecule has 0 saturated heterocycles. The van der Waals surface area contributed by atoms with Crippen molar-refractivity contribution in [2.75, 3.05) is 6.54 Å². The van der Waals surface area contributed by atoms with Crippen LogP contribution >= 0.6 is 22.9 Å². The normalized spacial score (nSPS) is 11.6. The number of fused-ring (bicyclic) bond motifs is 1. The number of imidazole rings is 1. The van der Waals surface area contributed by atoms with Crippen LogP contribution in [0.15, 0.2) is 11.6 Å². The summed E-state index contributed by atoms with van der Waals surface area (Å²) in [5.74, 6) is 0.824. The van der Waals surface area contributed by atoms with Crippen LogP contribution in [0.4, 0.5) is 0 Å². The third kappa shape index (κ3) is 1.87. The highest BCUT2D eigenvalue weighted by Crippen LogP contribution is 2.26. The van der Waals surface area contributed by atoms with Crippen molar-refractivity contribution in [3.63, 3.8) is 0 Å². The van der Waals surface area contributed by atoms with Gasteiger partial charge in [-0.1, -0.05) is 11.6 Å². The van der Waals surface area contributed by atoms with Gasteiger partial charge in [0, 0.05) is 18.0 Å². The third-order valence-corrected chi connectivity index (χ3v) is 4.43. The minimum atomic E-state index is 0.573. The van der Waals surface area contributed by atoms with Crippen molar-refractivity contribution in [1.29, 1.82) is 0 Å². The molecule has 0 saturated carbocycles. The summed E-state index contributed by atoms with van der Waals surface area (Å²) in [6.07, 6.45) is 2.76. The van der Waals surface area contributed by atoms with E-state index < -0.39 is 0 Å². The molecule has 0 fully saturated rings. The number of aromatic nitrogens is 4. The van der Waals surface area contributed by atoms with Crippen molar-refractivity contribution >= 4 is 27.9 Å². The Bertz CT molecular complexity index is 739. The lowest BCUT2D eigenvalue weighted by molar-refractivity contribution is 0.786. The molecule has 3 aromatic heterocycles. The molecule has 0 unspecified atom stereocenters. The highest BCUT2D eigenvalue weighted by Gasteiger charge is 2.18. The lowest BCUT2D eigenvalue weighted by Crippen LogP contribution is -2.09. The molecule has 100 valence electrons. The third-order valence-electron chi connectivity index (χ3n) is 3.12. The summed E-state index contributed by atoms with van der Waals surface area (Å²) < 4.78 is 3.87. The maximum Gasteiger partial charge on any atom is 0.195 e. The molecular weight excluding hydrogens is 282 g/mol. The fourth-order valence-electron chi connectivity index (χ4n) is 2.19. The van der Waals surface area contributed by atoms with Gasteiger partial charge in [0.2, 0.25) is 0 Å². The SMILES string of the molecule is Cc1nn(-c2nc3sccn3c2CCN)c(C)c1Cl. The van der Waals surface area contributed by atoms with E-state index in [0.29, 0.717) is 11.6 Å². The quantitative estimate of drug-likeness (QED) is 0.807. The topological polar surface area (TPSA) is 61.1 Å². The molecule has 0 bridgehead atoms. The van der Waals surface area contributed by atoms with Gasteiger partial charge in [-0.05, 0) is 20.4 Å². The van der Waals surface area contributed by atoms with Gasteiger partial charge in [0.25, 0.3) is 0 Å². The largest absolute Gasteiger partial charge is 0.330 e. The van der Waals surface area contributed by atoms with Gasteiger partial charge in [-0.2, -0.15) is 10.1 Å². The minimum absolute atomic E-state index is 0.573. The standard InChI is InChI=1S/C12H14ClN5S/c1-7-10(13)8(2)18(16-7)11-9(3-4-14)17-5-6-19-12(17)15-11/h5-6H,3-4,14H2,1-2H3. The van der Waals surface area contributed by atoms with Crippen LogP contribution in [-0.4, -0.2) is 25.7 Å². The lowest BCUT2D eigenvalue weighted by Gasteiger charge is -2.04. The average molecular weight is 296 g/mol. The number of aryl methyl sites for hydroxylation is 1. The van der Waals surface area contributed by atoms with E-state index in [-0.39, 0.29) is 0 Å². The Morgan fingerprint density at radius 2 is 2.21 bits per heavy atom. The molecule has 0 spiro atoms. The highest BCUT2D eigenvalue weighted by molar-refractivity contribution is 7.15. The van der Waals surface area contributed by atoms with E-state index in [1.165, 1.54) is 0 Å². The second-order valence-electron chi connectivity index (χ2n) is 4.37. The fraction of sp³-hybridized carbons (Fsp3) is 0.333. The van der Waals surface area contributed by atoms with Gasteiger partial charge in [0.15, 0.2) is 10.8 Å². The van der Waals surface area contributed by atoms with E-state index in [4.69, 9.17) is 17.3 Å². The summed E-state index contributed by atoms with van der Waals surface area (Å²) in [5, 5.41) is 7.17. The van der Waals surface area contributed by atoms with Gasteiger partial charge in [-0.15, -0.1) is 11.3 Å². The van der Waals surface area contributed by atoms with Crippen molar-refractivity contribution in [1.82, 2.24) is 19.2 Å².